The fourth-order valence-electron chi connectivity index (χ4n) is 2.92. The van der Waals surface area contributed by atoms with Gasteiger partial charge < -0.3 is 0 Å². The number of alkyl halides is 3. The van der Waals surface area contributed by atoms with E-state index in [2.05, 4.69) is 0 Å². The lowest BCUT2D eigenvalue weighted by Gasteiger charge is -2.11. The maximum atomic E-state index is 14.3. The number of hydrogen-bond donors (Lipinski definition) is 0. The second kappa shape index (κ2) is 6.47. The Labute approximate surface area is 141 Å². The van der Waals surface area contributed by atoms with E-state index in [0.29, 0.717) is 22.6 Å². The molecule has 0 amide bonds. The fourth-order valence-corrected chi connectivity index (χ4v) is 2.92. The molecule has 0 aliphatic rings. The Morgan fingerprint density at radius 3 is 2.28 bits per heavy atom. The lowest BCUT2D eigenvalue weighted by atomic mass is 9.97. The van der Waals surface area contributed by atoms with E-state index < -0.39 is 23.4 Å². The molecule has 0 saturated carbocycles. The largest absolute Gasteiger partial charge is 0.419 e. The van der Waals surface area contributed by atoms with Gasteiger partial charge in [0.2, 0.25) is 0 Å². The summed E-state index contributed by atoms with van der Waals surface area (Å²) in [6, 6.07) is 11.0. The zero-order chi connectivity index (χ0) is 18.2. The normalized spacial score (nSPS) is 11.9. The van der Waals surface area contributed by atoms with Gasteiger partial charge in [-0.15, -0.1) is 0 Å². The minimum Gasteiger partial charge on any atom is -0.206 e. The van der Waals surface area contributed by atoms with Crippen LogP contribution in [0, 0.1) is 11.6 Å². The Morgan fingerprint density at radius 2 is 1.64 bits per heavy atom. The predicted molar refractivity (Wildman–Crippen MR) is 88.3 cm³/mol. The maximum Gasteiger partial charge on any atom is 0.419 e. The van der Waals surface area contributed by atoms with Crippen molar-refractivity contribution in [3.8, 4) is 11.1 Å². The Balaban J connectivity index is 2.08. The SMILES string of the molecule is CCCc1ccc(-c2ccc3c(F)c(C(F)(F)F)ccc3c2)c(F)c1. The van der Waals surface area contributed by atoms with Crippen LogP contribution in [0.15, 0.2) is 48.5 Å². The molecule has 0 heterocycles. The van der Waals surface area contributed by atoms with Crippen LogP contribution in [-0.4, -0.2) is 0 Å². The van der Waals surface area contributed by atoms with Crippen molar-refractivity contribution in [1.29, 1.82) is 0 Å². The van der Waals surface area contributed by atoms with E-state index in [-0.39, 0.29) is 5.39 Å². The number of halogens is 5. The number of aryl methyl sites for hydroxylation is 1. The molecule has 0 bridgehead atoms. The number of rotatable bonds is 3. The van der Waals surface area contributed by atoms with E-state index in [1.165, 1.54) is 30.3 Å². The highest BCUT2D eigenvalue weighted by Gasteiger charge is 2.34. The Hall–Kier alpha value is -2.43. The van der Waals surface area contributed by atoms with Crippen molar-refractivity contribution < 1.29 is 22.0 Å². The first-order valence-corrected chi connectivity index (χ1v) is 7.89. The van der Waals surface area contributed by atoms with Crippen molar-refractivity contribution in [2.24, 2.45) is 0 Å². The van der Waals surface area contributed by atoms with E-state index >= 15 is 0 Å². The summed E-state index contributed by atoms with van der Waals surface area (Å²) in [5, 5.41) is 0.154. The Bertz CT molecular complexity index is 925. The molecule has 0 atom stereocenters. The van der Waals surface area contributed by atoms with Crippen LogP contribution in [0.3, 0.4) is 0 Å². The van der Waals surface area contributed by atoms with Gasteiger partial charge in [-0.05, 0) is 41.1 Å². The summed E-state index contributed by atoms with van der Waals surface area (Å²) in [4.78, 5) is 0. The van der Waals surface area contributed by atoms with Crippen molar-refractivity contribution in [2.75, 3.05) is 0 Å². The van der Waals surface area contributed by atoms with Crippen LogP contribution in [0.1, 0.15) is 24.5 Å². The van der Waals surface area contributed by atoms with E-state index in [9.17, 15) is 22.0 Å². The summed E-state index contributed by atoms with van der Waals surface area (Å²) >= 11 is 0. The zero-order valence-electron chi connectivity index (χ0n) is 13.4. The lowest BCUT2D eigenvalue weighted by molar-refractivity contribution is -0.139. The fraction of sp³-hybridized carbons (Fsp3) is 0.200. The molecule has 5 heteroatoms. The molecular formula is C20H15F5. The summed E-state index contributed by atoms with van der Waals surface area (Å²) < 4.78 is 66.8. The molecule has 3 aromatic carbocycles. The summed E-state index contributed by atoms with van der Waals surface area (Å²) in [6.45, 7) is 2.00. The number of hydrogen-bond acceptors (Lipinski definition) is 0. The summed E-state index contributed by atoms with van der Waals surface area (Å²) in [7, 11) is 0. The Morgan fingerprint density at radius 1 is 0.880 bits per heavy atom. The molecular weight excluding hydrogens is 335 g/mol. The van der Waals surface area contributed by atoms with Crippen LogP contribution >= 0.6 is 0 Å². The smallest absolute Gasteiger partial charge is 0.206 e. The molecule has 0 unspecified atom stereocenters. The second-order valence-corrected chi connectivity index (χ2v) is 5.92. The molecule has 0 aliphatic heterocycles. The maximum absolute atomic E-state index is 14.3. The third kappa shape index (κ3) is 3.36. The summed E-state index contributed by atoms with van der Waals surface area (Å²) in [6.07, 6.45) is -3.09. The van der Waals surface area contributed by atoms with E-state index in [1.807, 2.05) is 13.0 Å². The van der Waals surface area contributed by atoms with Crippen molar-refractivity contribution in [2.45, 2.75) is 25.9 Å². The summed E-state index contributed by atoms with van der Waals surface area (Å²) in [5.74, 6) is -1.71. The number of benzene rings is 3. The molecule has 0 spiro atoms. The van der Waals surface area contributed by atoms with Gasteiger partial charge in [0.05, 0.1) is 5.56 Å². The van der Waals surface area contributed by atoms with Crippen LogP contribution in [0.5, 0.6) is 0 Å². The van der Waals surface area contributed by atoms with Crippen molar-refractivity contribution in [3.63, 3.8) is 0 Å². The highest BCUT2D eigenvalue weighted by molar-refractivity contribution is 5.88. The van der Waals surface area contributed by atoms with Crippen molar-refractivity contribution in [3.05, 3.63) is 71.3 Å². The lowest BCUT2D eigenvalue weighted by Crippen LogP contribution is -2.08. The standard InChI is InChI=1S/C20H15F5/c1-2-3-12-4-7-15(18(21)10-12)13-5-8-16-14(11-13)6-9-17(19(16)22)20(23,24)25/h4-11H,2-3H2,1H3. The molecule has 130 valence electrons. The third-order valence-electron chi connectivity index (χ3n) is 4.14. The molecule has 0 saturated heterocycles. The average Bonchev–Trinajstić information content (AvgIpc) is 2.54. The molecule has 3 rings (SSSR count). The molecule has 0 aromatic heterocycles. The molecule has 0 aliphatic carbocycles. The molecule has 0 nitrogen and oxygen atoms in total. The van der Waals surface area contributed by atoms with Crippen LogP contribution in [0.4, 0.5) is 22.0 Å². The highest BCUT2D eigenvalue weighted by Crippen LogP contribution is 2.36. The van der Waals surface area contributed by atoms with Crippen LogP contribution in [0.25, 0.3) is 21.9 Å². The Kier molecular flexibility index (Phi) is 4.50. The van der Waals surface area contributed by atoms with Gasteiger partial charge in [-0.25, -0.2) is 8.78 Å². The quantitative estimate of drug-likeness (QED) is 0.458. The van der Waals surface area contributed by atoms with E-state index in [0.717, 1.165) is 18.4 Å². The van der Waals surface area contributed by atoms with Gasteiger partial charge in [0, 0.05) is 10.9 Å². The van der Waals surface area contributed by atoms with Gasteiger partial charge in [0.15, 0.2) is 0 Å². The third-order valence-corrected chi connectivity index (χ3v) is 4.14. The molecule has 0 radical (unpaired) electrons. The molecule has 0 fully saturated rings. The molecule has 0 N–H and O–H groups in total. The van der Waals surface area contributed by atoms with Gasteiger partial charge in [0.1, 0.15) is 11.6 Å². The molecule has 3 aromatic rings. The van der Waals surface area contributed by atoms with E-state index in [4.69, 9.17) is 0 Å². The predicted octanol–water partition coefficient (Wildman–Crippen LogP) is 6.76. The van der Waals surface area contributed by atoms with Crippen LogP contribution in [-0.2, 0) is 12.6 Å². The van der Waals surface area contributed by atoms with Crippen molar-refractivity contribution >= 4 is 10.8 Å². The van der Waals surface area contributed by atoms with Gasteiger partial charge in [0.25, 0.3) is 0 Å². The van der Waals surface area contributed by atoms with E-state index in [1.54, 1.807) is 6.07 Å². The van der Waals surface area contributed by atoms with Gasteiger partial charge in [-0.1, -0.05) is 43.7 Å². The van der Waals surface area contributed by atoms with Gasteiger partial charge >= 0.3 is 6.18 Å². The first kappa shape index (κ1) is 17.4. The monoisotopic (exact) mass is 350 g/mol. The zero-order valence-corrected chi connectivity index (χ0v) is 13.4. The summed E-state index contributed by atoms with van der Waals surface area (Å²) in [5.41, 5.74) is 0.405. The van der Waals surface area contributed by atoms with Gasteiger partial charge in [-0.3, -0.25) is 0 Å². The highest BCUT2D eigenvalue weighted by atomic mass is 19.4. The minimum absolute atomic E-state index is 0.137. The van der Waals surface area contributed by atoms with Crippen LogP contribution in [0.2, 0.25) is 0 Å². The number of fused-ring (bicyclic) bond motifs is 1. The topological polar surface area (TPSA) is 0 Å². The molecule has 25 heavy (non-hydrogen) atoms. The van der Waals surface area contributed by atoms with Crippen molar-refractivity contribution in [1.82, 2.24) is 0 Å². The minimum atomic E-state index is -4.75. The van der Waals surface area contributed by atoms with Gasteiger partial charge in [-0.2, -0.15) is 13.2 Å². The first-order chi connectivity index (χ1) is 11.8. The first-order valence-electron chi connectivity index (χ1n) is 7.89. The van der Waals surface area contributed by atoms with Crippen LogP contribution < -0.4 is 0 Å². The average molecular weight is 350 g/mol. The second-order valence-electron chi connectivity index (χ2n) is 5.92.